The first-order valence-electron chi connectivity index (χ1n) is 12.6. The monoisotopic (exact) mass is 516 g/mol. The molecule has 0 radical (unpaired) electrons. The maximum atomic E-state index is 14.8. The second kappa shape index (κ2) is 11.0. The molecule has 2 heterocycles. The van der Waals surface area contributed by atoms with Crippen LogP contribution in [0.3, 0.4) is 0 Å². The third-order valence-electron chi connectivity index (χ3n) is 7.16. The van der Waals surface area contributed by atoms with Crippen LogP contribution in [-0.2, 0) is 30.4 Å². The second-order valence-corrected chi connectivity index (χ2v) is 9.39. The fourth-order valence-electron chi connectivity index (χ4n) is 5.46. The van der Waals surface area contributed by atoms with E-state index in [0.29, 0.717) is 25.6 Å². The van der Waals surface area contributed by atoms with E-state index in [4.69, 9.17) is 5.10 Å². The molecular weight excluding hydrogens is 484 g/mol. The highest BCUT2D eigenvalue weighted by Gasteiger charge is 2.38. The molecule has 0 saturated heterocycles. The molecule has 0 aliphatic carbocycles. The van der Waals surface area contributed by atoms with Gasteiger partial charge in [-0.2, -0.15) is 18.3 Å². The molecule has 2 aromatic carbocycles. The van der Waals surface area contributed by atoms with E-state index in [1.165, 1.54) is 6.07 Å². The first-order chi connectivity index (χ1) is 17.7. The highest BCUT2D eigenvalue weighted by Crippen LogP contribution is 2.40. The zero-order valence-corrected chi connectivity index (χ0v) is 21.3. The summed E-state index contributed by atoms with van der Waals surface area (Å²) in [7, 11) is 1.61. The molecule has 3 aromatic rings. The van der Waals surface area contributed by atoms with Gasteiger partial charge in [0.25, 0.3) is 0 Å². The Bertz CT molecular complexity index is 1240. The molecule has 5 nitrogen and oxygen atoms in total. The number of hydrogen-bond donors (Lipinski definition) is 1. The molecule has 0 unspecified atom stereocenters. The normalized spacial score (nSPS) is 17.2. The predicted octanol–water partition coefficient (Wildman–Crippen LogP) is 5.78. The van der Waals surface area contributed by atoms with Crippen LogP contribution in [0.5, 0.6) is 0 Å². The van der Waals surface area contributed by atoms with Crippen LogP contribution in [0.4, 0.5) is 17.6 Å². The molecule has 1 aliphatic heterocycles. The summed E-state index contributed by atoms with van der Waals surface area (Å²) in [6.07, 6.45) is -2.36. The number of fused-ring (bicyclic) bond motifs is 1. The minimum atomic E-state index is -4.60. The number of hydrogen-bond acceptors (Lipinski definition) is 3. The second-order valence-electron chi connectivity index (χ2n) is 9.39. The van der Waals surface area contributed by atoms with Crippen molar-refractivity contribution in [2.45, 2.75) is 64.3 Å². The quantitative estimate of drug-likeness (QED) is 0.405. The minimum absolute atomic E-state index is 0.152. The van der Waals surface area contributed by atoms with E-state index in [1.54, 1.807) is 7.05 Å². The van der Waals surface area contributed by atoms with Crippen molar-refractivity contribution in [3.8, 4) is 0 Å². The summed E-state index contributed by atoms with van der Waals surface area (Å²) in [5.74, 6) is -1.02. The zero-order chi connectivity index (χ0) is 26.7. The SMILES string of the molecule is CCn1nc(C)c2c1CCCN([C@@H](C(=O)NC)c1ccccc1)[C@@H]2CCc1ccc(C(F)(F)F)cc1F. The van der Waals surface area contributed by atoms with Crippen LogP contribution in [0, 0.1) is 12.7 Å². The Hall–Kier alpha value is -3.20. The summed E-state index contributed by atoms with van der Waals surface area (Å²) in [5.41, 5.74) is 3.04. The molecule has 198 valence electrons. The van der Waals surface area contributed by atoms with E-state index in [9.17, 15) is 22.4 Å². The molecule has 0 saturated carbocycles. The maximum absolute atomic E-state index is 14.8. The average Bonchev–Trinajstić information content (AvgIpc) is 3.07. The lowest BCUT2D eigenvalue weighted by molar-refractivity contribution is -0.137. The van der Waals surface area contributed by atoms with Gasteiger partial charge >= 0.3 is 6.18 Å². The van der Waals surface area contributed by atoms with Gasteiger partial charge in [-0.25, -0.2) is 4.39 Å². The van der Waals surface area contributed by atoms with Crippen molar-refractivity contribution in [2.75, 3.05) is 13.6 Å². The van der Waals surface area contributed by atoms with Crippen LogP contribution in [0.15, 0.2) is 48.5 Å². The summed E-state index contributed by atoms with van der Waals surface area (Å²) >= 11 is 0. The molecular formula is C28H32F4N4O. The van der Waals surface area contributed by atoms with E-state index in [2.05, 4.69) is 10.2 Å². The van der Waals surface area contributed by atoms with Crippen LogP contribution in [-0.4, -0.2) is 34.2 Å². The number of aryl methyl sites for hydroxylation is 3. The molecule has 1 aliphatic rings. The Balaban J connectivity index is 1.76. The van der Waals surface area contributed by atoms with Gasteiger partial charge in [0.15, 0.2) is 0 Å². The van der Waals surface area contributed by atoms with E-state index in [1.807, 2.05) is 48.9 Å². The van der Waals surface area contributed by atoms with Gasteiger partial charge in [-0.15, -0.1) is 0 Å². The summed E-state index contributed by atoms with van der Waals surface area (Å²) in [6.45, 7) is 5.30. The highest BCUT2D eigenvalue weighted by atomic mass is 19.4. The number of carbonyl (C=O) groups is 1. The van der Waals surface area contributed by atoms with E-state index >= 15 is 0 Å². The number of halogens is 4. The van der Waals surface area contributed by atoms with Crippen molar-refractivity contribution in [3.63, 3.8) is 0 Å². The molecule has 4 rings (SSSR count). The summed E-state index contributed by atoms with van der Waals surface area (Å²) < 4.78 is 55.9. The van der Waals surface area contributed by atoms with Crippen LogP contribution < -0.4 is 5.32 Å². The van der Waals surface area contributed by atoms with Gasteiger partial charge in [-0.05, 0) is 62.8 Å². The summed E-state index contributed by atoms with van der Waals surface area (Å²) in [4.78, 5) is 15.4. The maximum Gasteiger partial charge on any atom is 0.416 e. The first kappa shape index (κ1) is 26.9. The fourth-order valence-corrected chi connectivity index (χ4v) is 5.46. The fraction of sp³-hybridized carbons (Fsp3) is 0.429. The Labute approximate surface area is 214 Å². The number of aromatic nitrogens is 2. The van der Waals surface area contributed by atoms with Gasteiger partial charge in [-0.1, -0.05) is 36.4 Å². The number of rotatable bonds is 7. The number of carbonyl (C=O) groups excluding carboxylic acids is 1. The average molecular weight is 517 g/mol. The van der Waals surface area contributed by atoms with Gasteiger partial charge in [0, 0.05) is 37.4 Å². The minimum Gasteiger partial charge on any atom is -0.358 e. The predicted molar refractivity (Wildman–Crippen MR) is 133 cm³/mol. The summed E-state index contributed by atoms with van der Waals surface area (Å²) in [6, 6.07) is 11.4. The van der Waals surface area contributed by atoms with Crippen molar-refractivity contribution >= 4 is 5.91 Å². The van der Waals surface area contributed by atoms with Gasteiger partial charge in [0.2, 0.25) is 5.91 Å². The molecule has 2 atom stereocenters. The lowest BCUT2D eigenvalue weighted by atomic mass is 9.93. The van der Waals surface area contributed by atoms with Crippen molar-refractivity contribution in [3.05, 3.63) is 88.0 Å². The number of alkyl halides is 3. The third-order valence-corrected chi connectivity index (χ3v) is 7.16. The van der Waals surface area contributed by atoms with Gasteiger partial charge < -0.3 is 5.32 Å². The lowest BCUT2D eigenvalue weighted by Crippen LogP contribution is -2.41. The molecule has 1 N–H and O–H groups in total. The van der Waals surface area contributed by atoms with Crippen LogP contribution in [0.1, 0.15) is 65.5 Å². The summed E-state index contributed by atoms with van der Waals surface area (Å²) in [5, 5.41) is 7.53. The largest absolute Gasteiger partial charge is 0.416 e. The van der Waals surface area contributed by atoms with Crippen LogP contribution in [0.25, 0.3) is 0 Å². The van der Waals surface area contributed by atoms with Gasteiger partial charge in [-0.3, -0.25) is 14.4 Å². The van der Waals surface area contributed by atoms with Gasteiger partial charge in [0.1, 0.15) is 11.9 Å². The Morgan fingerprint density at radius 3 is 2.54 bits per heavy atom. The Kier molecular flexibility index (Phi) is 8.02. The van der Waals surface area contributed by atoms with Crippen molar-refractivity contribution in [2.24, 2.45) is 0 Å². The Morgan fingerprint density at radius 2 is 1.92 bits per heavy atom. The third kappa shape index (κ3) is 5.56. The molecule has 0 fully saturated rings. The van der Waals surface area contributed by atoms with Crippen molar-refractivity contribution < 1.29 is 22.4 Å². The zero-order valence-electron chi connectivity index (χ0n) is 21.3. The van der Waals surface area contributed by atoms with E-state index in [0.717, 1.165) is 41.4 Å². The number of nitrogens with zero attached hydrogens (tertiary/aromatic N) is 3. The lowest BCUT2D eigenvalue weighted by Gasteiger charge is -2.37. The topological polar surface area (TPSA) is 50.2 Å². The Morgan fingerprint density at radius 1 is 1.19 bits per heavy atom. The molecule has 0 spiro atoms. The molecule has 1 amide bonds. The van der Waals surface area contributed by atoms with Crippen molar-refractivity contribution in [1.82, 2.24) is 20.0 Å². The van der Waals surface area contributed by atoms with E-state index in [-0.39, 0.29) is 23.9 Å². The standard InChI is InChI=1S/C28H32F4N4O/c1-4-36-24-11-8-16-35(26(27(37)33-3)20-9-6-5-7-10-20)23(25(24)18(2)34-36)15-13-19-12-14-21(17-22(19)29)28(30,31)32/h5-7,9-10,12,14,17,23,26H,4,8,11,13,15-16H2,1-3H3,(H,33,37)/t23-,26-/m1/s1. The van der Waals surface area contributed by atoms with E-state index < -0.39 is 23.6 Å². The van der Waals surface area contributed by atoms with Crippen LogP contribution >= 0.6 is 0 Å². The molecule has 1 aromatic heterocycles. The smallest absolute Gasteiger partial charge is 0.358 e. The number of nitrogens with one attached hydrogen (secondary N) is 1. The molecule has 37 heavy (non-hydrogen) atoms. The number of likely N-dealkylation sites (N-methyl/N-ethyl adjacent to an activating group) is 1. The highest BCUT2D eigenvalue weighted by molar-refractivity contribution is 5.83. The molecule has 0 bridgehead atoms. The number of benzene rings is 2. The van der Waals surface area contributed by atoms with Gasteiger partial charge in [0.05, 0.1) is 11.3 Å². The first-order valence-corrected chi connectivity index (χ1v) is 12.6. The number of amides is 1. The van der Waals surface area contributed by atoms with Crippen LogP contribution in [0.2, 0.25) is 0 Å². The van der Waals surface area contributed by atoms with Crippen molar-refractivity contribution in [1.29, 1.82) is 0 Å². The molecule has 9 heteroatoms.